The molecule has 0 radical (unpaired) electrons. The lowest BCUT2D eigenvalue weighted by Gasteiger charge is -2.22. The first-order valence-electron chi connectivity index (χ1n) is 8.77. The van der Waals surface area contributed by atoms with Crippen molar-refractivity contribution in [1.29, 1.82) is 0 Å². The second kappa shape index (κ2) is 11.1. The predicted molar refractivity (Wildman–Crippen MR) is 102 cm³/mol. The van der Waals surface area contributed by atoms with E-state index in [1.54, 1.807) is 0 Å². The molecule has 0 bridgehead atoms. The summed E-state index contributed by atoms with van der Waals surface area (Å²) in [4.78, 5) is 32.5. The van der Waals surface area contributed by atoms with Crippen LogP contribution >= 0.6 is 0 Å². The van der Waals surface area contributed by atoms with Gasteiger partial charge in [-0.25, -0.2) is 4.98 Å². The summed E-state index contributed by atoms with van der Waals surface area (Å²) >= 11 is 0. The van der Waals surface area contributed by atoms with Crippen LogP contribution in [0.4, 0.5) is 0 Å². The van der Waals surface area contributed by atoms with Gasteiger partial charge in [0.2, 0.25) is 5.91 Å². The van der Waals surface area contributed by atoms with E-state index in [2.05, 4.69) is 20.6 Å². The third-order valence-corrected chi connectivity index (χ3v) is 4.03. The first kappa shape index (κ1) is 21.5. The van der Waals surface area contributed by atoms with E-state index in [1.165, 1.54) is 25.7 Å². The lowest BCUT2D eigenvalue weighted by molar-refractivity contribution is -0.124. The Morgan fingerprint density at radius 2 is 1.93 bits per heavy atom. The summed E-state index contributed by atoms with van der Waals surface area (Å²) in [6, 6.07) is 8.45. The van der Waals surface area contributed by atoms with Crippen LogP contribution in [0.25, 0.3) is 0 Å². The highest BCUT2D eigenvalue weighted by Gasteiger charge is 2.29. The number of amides is 2. The Balaban J connectivity index is 1.98. The summed E-state index contributed by atoms with van der Waals surface area (Å²) in [5.41, 5.74) is 1.06. The molecule has 148 valence electrons. The summed E-state index contributed by atoms with van der Waals surface area (Å²) in [5, 5.41) is 24.3. The molecular formula is C18H23BN4O5. The number of aryl methyl sites for hydroxylation is 1. The molecule has 0 aliphatic rings. The van der Waals surface area contributed by atoms with Gasteiger partial charge in [-0.05, 0) is 18.4 Å². The maximum absolute atomic E-state index is 12.6. The van der Waals surface area contributed by atoms with E-state index in [0.717, 1.165) is 5.56 Å². The molecule has 10 heteroatoms. The van der Waals surface area contributed by atoms with Crippen molar-refractivity contribution >= 4 is 18.9 Å². The molecule has 1 aromatic heterocycles. The molecule has 2 atom stereocenters. The van der Waals surface area contributed by atoms with E-state index in [-0.39, 0.29) is 12.3 Å². The van der Waals surface area contributed by atoms with E-state index in [1.807, 2.05) is 30.3 Å². The smallest absolute Gasteiger partial charge is 0.426 e. The van der Waals surface area contributed by atoms with Crippen LogP contribution in [0.1, 0.15) is 22.5 Å². The van der Waals surface area contributed by atoms with E-state index in [0.29, 0.717) is 12.8 Å². The fraction of sp³-hybridized carbons (Fsp3) is 0.333. The molecule has 9 nitrogen and oxygen atoms in total. The van der Waals surface area contributed by atoms with E-state index in [4.69, 9.17) is 4.74 Å². The van der Waals surface area contributed by atoms with Crippen LogP contribution in [0, 0.1) is 0 Å². The quantitative estimate of drug-likeness (QED) is 0.399. The van der Waals surface area contributed by atoms with Gasteiger partial charge >= 0.3 is 7.12 Å². The molecule has 2 amide bonds. The van der Waals surface area contributed by atoms with E-state index < -0.39 is 30.9 Å². The molecular weight excluding hydrogens is 363 g/mol. The first-order chi connectivity index (χ1) is 13.5. The summed E-state index contributed by atoms with van der Waals surface area (Å²) < 4.78 is 5.00. The van der Waals surface area contributed by atoms with E-state index >= 15 is 0 Å². The molecule has 4 N–H and O–H groups in total. The standard InChI is InChI=1S/C18H23BN4O5/c1-28-12-15(22-17(24)14-11-20-9-10-21-14)18(25)23-16(19(26)27)8-7-13-5-3-2-4-6-13/h2-6,9-11,15-16,26-27H,7-8,12H2,1H3,(H,22,24)(H,23,25). The number of aromatic nitrogens is 2. The lowest BCUT2D eigenvalue weighted by Crippen LogP contribution is -2.55. The zero-order valence-electron chi connectivity index (χ0n) is 15.5. The summed E-state index contributed by atoms with van der Waals surface area (Å²) in [6.07, 6.45) is 4.92. The fourth-order valence-corrected chi connectivity index (χ4v) is 2.54. The van der Waals surface area contributed by atoms with Crippen LogP contribution in [0.2, 0.25) is 0 Å². The molecule has 0 saturated heterocycles. The maximum Gasteiger partial charge on any atom is 0.475 e. The highest BCUT2D eigenvalue weighted by atomic mass is 16.5. The fourth-order valence-electron chi connectivity index (χ4n) is 2.54. The average molecular weight is 386 g/mol. The number of carbonyl (C=O) groups is 2. The van der Waals surface area contributed by atoms with Crippen molar-refractivity contribution in [2.75, 3.05) is 13.7 Å². The minimum absolute atomic E-state index is 0.0548. The van der Waals surface area contributed by atoms with Gasteiger partial charge in [0.1, 0.15) is 11.7 Å². The number of rotatable bonds is 10. The van der Waals surface area contributed by atoms with Gasteiger partial charge in [0, 0.05) is 19.5 Å². The third kappa shape index (κ3) is 6.73. The van der Waals surface area contributed by atoms with Crippen LogP contribution in [0.5, 0.6) is 0 Å². The second-order valence-corrected chi connectivity index (χ2v) is 6.13. The number of carbonyl (C=O) groups excluding carboxylic acids is 2. The number of nitrogens with zero attached hydrogens (tertiary/aromatic N) is 2. The molecule has 0 spiro atoms. The normalized spacial score (nSPS) is 12.7. The topological polar surface area (TPSA) is 134 Å². The molecule has 2 aromatic rings. The number of ether oxygens (including phenoxy) is 1. The van der Waals surface area contributed by atoms with E-state index in [9.17, 15) is 19.6 Å². The largest absolute Gasteiger partial charge is 0.475 e. The number of hydrogen-bond donors (Lipinski definition) is 4. The molecule has 0 aliphatic carbocycles. The van der Waals surface area contributed by atoms with Crippen molar-refractivity contribution in [3.05, 3.63) is 60.2 Å². The summed E-state index contributed by atoms with van der Waals surface area (Å²) in [5.74, 6) is -2.08. The Morgan fingerprint density at radius 1 is 1.18 bits per heavy atom. The minimum atomic E-state index is -1.74. The molecule has 0 fully saturated rings. The second-order valence-electron chi connectivity index (χ2n) is 6.13. The Bertz CT molecular complexity index is 748. The van der Waals surface area contributed by atoms with Gasteiger partial charge in [0.05, 0.1) is 18.7 Å². The zero-order valence-corrected chi connectivity index (χ0v) is 15.5. The first-order valence-corrected chi connectivity index (χ1v) is 8.77. The van der Waals surface area contributed by atoms with Crippen LogP contribution in [0.3, 0.4) is 0 Å². The molecule has 1 heterocycles. The van der Waals surface area contributed by atoms with Gasteiger partial charge in [-0.2, -0.15) is 0 Å². The molecule has 28 heavy (non-hydrogen) atoms. The molecule has 1 aromatic carbocycles. The number of nitrogens with one attached hydrogen (secondary N) is 2. The van der Waals surface area contributed by atoms with Crippen LogP contribution < -0.4 is 10.6 Å². The van der Waals surface area contributed by atoms with Crippen molar-refractivity contribution in [3.63, 3.8) is 0 Å². The highest BCUT2D eigenvalue weighted by Crippen LogP contribution is 2.06. The van der Waals surface area contributed by atoms with Crippen molar-refractivity contribution in [3.8, 4) is 0 Å². The van der Waals surface area contributed by atoms with Gasteiger partial charge in [-0.15, -0.1) is 0 Å². The lowest BCUT2D eigenvalue weighted by atomic mass is 9.76. The van der Waals surface area contributed by atoms with Crippen molar-refractivity contribution in [1.82, 2.24) is 20.6 Å². The Labute approximate surface area is 163 Å². The average Bonchev–Trinajstić information content (AvgIpc) is 2.71. The van der Waals surface area contributed by atoms with Crippen molar-refractivity contribution < 1.29 is 24.4 Å². The van der Waals surface area contributed by atoms with Crippen molar-refractivity contribution in [2.24, 2.45) is 0 Å². The Kier molecular flexibility index (Phi) is 8.54. The number of hydrogen-bond acceptors (Lipinski definition) is 7. The van der Waals surface area contributed by atoms with Crippen LogP contribution in [-0.2, 0) is 16.0 Å². The van der Waals surface area contributed by atoms with Gasteiger partial charge < -0.3 is 25.4 Å². The van der Waals surface area contributed by atoms with Gasteiger partial charge in [-0.1, -0.05) is 30.3 Å². The Morgan fingerprint density at radius 3 is 2.54 bits per heavy atom. The zero-order chi connectivity index (χ0) is 20.4. The number of methoxy groups -OCH3 is 1. The molecule has 2 unspecified atom stereocenters. The monoisotopic (exact) mass is 386 g/mol. The summed E-state index contributed by atoms with van der Waals surface area (Å²) in [7, 11) is -0.353. The highest BCUT2D eigenvalue weighted by molar-refractivity contribution is 6.43. The molecule has 0 aliphatic heterocycles. The number of benzene rings is 1. The van der Waals surface area contributed by atoms with Gasteiger partial charge in [-0.3, -0.25) is 14.6 Å². The Hall–Kier alpha value is -2.82. The predicted octanol–water partition coefficient (Wildman–Crippen LogP) is -0.649. The SMILES string of the molecule is COCC(NC(=O)c1cnccn1)C(=O)NC(CCc1ccccc1)B(O)O. The molecule has 0 saturated carbocycles. The summed E-state index contributed by atoms with van der Waals surface area (Å²) in [6.45, 7) is -0.0925. The van der Waals surface area contributed by atoms with Crippen molar-refractivity contribution in [2.45, 2.75) is 24.8 Å². The third-order valence-electron chi connectivity index (χ3n) is 4.03. The van der Waals surface area contributed by atoms with Gasteiger partial charge in [0.25, 0.3) is 5.91 Å². The molecule has 2 rings (SSSR count). The van der Waals surface area contributed by atoms with Crippen LogP contribution in [-0.4, -0.2) is 64.6 Å². The van der Waals surface area contributed by atoms with Gasteiger partial charge in [0.15, 0.2) is 0 Å². The minimum Gasteiger partial charge on any atom is -0.426 e. The van der Waals surface area contributed by atoms with Crippen LogP contribution in [0.15, 0.2) is 48.9 Å². The maximum atomic E-state index is 12.6.